The number of furan rings is 3. The van der Waals surface area contributed by atoms with Crippen molar-refractivity contribution in [3.05, 3.63) is 437 Å². The van der Waals surface area contributed by atoms with Gasteiger partial charge in [0.05, 0.1) is 85.0 Å². The van der Waals surface area contributed by atoms with Crippen LogP contribution in [0.2, 0.25) is 0 Å². The summed E-state index contributed by atoms with van der Waals surface area (Å²) in [5.41, 5.74) is 28.7. The third kappa shape index (κ3) is 11.5. The SMILES string of the molecule is c1cc(-c2ccc3c(c2)sc2occc23)cc(-n2c3ccccc3c3cc(-n4c5ccccc5c5ccccc54)ccc32)c1.c1cc(-c2cccc(-n3c4ccccc4c4cc(-n5c6ccccc6c6ccccc65)ccc43)c2)cc(-c2ccc3sc4occc4c3c2)c1.c1ccc2c(c1)c1ccccc1n2-c1ccc2c(c1)c1ccccc1n2-c1ccc2sc3occc3c2c1. The van der Waals surface area contributed by atoms with Crippen molar-refractivity contribution in [2.45, 2.75) is 0 Å². The van der Waals surface area contributed by atoms with Gasteiger partial charge in [-0.1, -0.05) is 258 Å². The maximum absolute atomic E-state index is 5.69. The van der Waals surface area contributed by atoms with Crippen LogP contribution in [-0.2, 0) is 0 Å². The van der Waals surface area contributed by atoms with Gasteiger partial charge < -0.3 is 40.7 Å². The lowest BCUT2D eigenvalue weighted by Gasteiger charge is -2.12. The van der Waals surface area contributed by atoms with Crippen LogP contribution in [0, 0.1) is 0 Å². The van der Waals surface area contributed by atoms with Crippen molar-refractivity contribution in [3.8, 4) is 67.5 Å². The van der Waals surface area contributed by atoms with Gasteiger partial charge in [-0.2, -0.15) is 0 Å². The van der Waals surface area contributed by atoms with Crippen LogP contribution in [-0.4, -0.2) is 27.4 Å². The second-order valence-corrected chi connectivity index (χ2v) is 37.3. The minimum absolute atomic E-state index is 0.982. The molecule has 0 radical (unpaired) electrons. The topological polar surface area (TPSA) is 69.0 Å². The van der Waals surface area contributed by atoms with Crippen LogP contribution in [0.3, 0.4) is 0 Å². The molecule has 0 saturated heterocycles. The van der Waals surface area contributed by atoms with E-state index in [1.807, 2.05) is 0 Å². The number of aromatic nitrogens is 6. The summed E-state index contributed by atoms with van der Waals surface area (Å²) >= 11 is 5.12. The van der Waals surface area contributed by atoms with Crippen LogP contribution in [0.1, 0.15) is 0 Å². The van der Waals surface area contributed by atoms with Gasteiger partial charge in [0, 0.05) is 145 Å². The lowest BCUT2D eigenvalue weighted by molar-refractivity contribution is 0.623. The fraction of sp³-hybridized carbons (Fsp3) is 0. The maximum Gasteiger partial charge on any atom is 0.188 e. The third-order valence-corrected chi connectivity index (χ3v) is 30.3. The van der Waals surface area contributed by atoms with Gasteiger partial charge in [0.15, 0.2) is 14.7 Å². The van der Waals surface area contributed by atoms with E-state index in [1.165, 1.54) is 222 Å². The number of para-hydroxylation sites is 9. The molecule has 132 heavy (non-hydrogen) atoms. The van der Waals surface area contributed by atoms with Crippen LogP contribution < -0.4 is 0 Å². The van der Waals surface area contributed by atoms with E-state index in [0.29, 0.717) is 0 Å². The van der Waals surface area contributed by atoms with Gasteiger partial charge >= 0.3 is 0 Å². The van der Waals surface area contributed by atoms with Crippen LogP contribution in [0.15, 0.2) is 451 Å². The Bertz CT molecular complexity index is 9850. The van der Waals surface area contributed by atoms with Gasteiger partial charge in [-0.25, -0.2) is 0 Å². The highest BCUT2D eigenvalue weighted by atomic mass is 32.1. The summed E-state index contributed by atoms with van der Waals surface area (Å²) in [7, 11) is 0. The Morgan fingerprint density at radius 3 is 0.735 bits per heavy atom. The predicted octanol–water partition coefficient (Wildman–Crippen LogP) is 34.5. The van der Waals surface area contributed by atoms with E-state index < -0.39 is 0 Å². The van der Waals surface area contributed by atoms with E-state index >= 15 is 0 Å². The van der Waals surface area contributed by atoms with Crippen molar-refractivity contribution >= 4 is 226 Å². The number of benzene rings is 18. The van der Waals surface area contributed by atoms with Gasteiger partial charge in [-0.05, 0) is 228 Å². The molecule has 0 bridgehead atoms. The van der Waals surface area contributed by atoms with Crippen LogP contribution in [0.4, 0.5) is 0 Å². The summed E-state index contributed by atoms with van der Waals surface area (Å²) in [4.78, 5) is 2.95. The lowest BCUT2D eigenvalue weighted by atomic mass is 9.98. The molecule has 0 aliphatic carbocycles. The van der Waals surface area contributed by atoms with E-state index in [-0.39, 0.29) is 0 Å². The van der Waals surface area contributed by atoms with Crippen LogP contribution in [0.25, 0.3) is 259 Å². The van der Waals surface area contributed by atoms with Gasteiger partial charge in [-0.3, -0.25) is 0 Å². The zero-order chi connectivity index (χ0) is 86.3. The van der Waals surface area contributed by atoms with E-state index in [4.69, 9.17) is 13.3 Å². The molecule has 9 nitrogen and oxygen atoms in total. The molecule has 618 valence electrons. The smallest absolute Gasteiger partial charge is 0.188 e. The molecule has 12 aromatic heterocycles. The molecule has 0 aliphatic rings. The summed E-state index contributed by atoms with van der Waals surface area (Å²) in [6.07, 6.45) is 5.34. The third-order valence-electron chi connectivity index (χ3n) is 27.1. The van der Waals surface area contributed by atoms with Crippen molar-refractivity contribution in [1.82, 2.24) is 27.4 Å². The summed E-state index contributed by atoms with van der Waals surface area (Å²) in [6.45, 7) is 0. The van der Waals surface area contributed by atoms with Crippen molar-refractivity contribution in [2.75, 3.05) is 0 Å². The number of hydrogen-bond donors (Lipinski definition) is 0. The monoisotopic (exact) mass is 1740 g/mol. The van der Waals surface area contributed by atoms with Crippen molar-refractivity contribution < 1.29 is 13.3 Å². The van der Waals surface area contributed by atoms with Gasteiger partial charge in [0.25, 0.3) is 0 Å². The normalized spacial score (nSPS) is 12.1. The van der Waals surface area contributed by atoms with Gasteiger partial charge in [0.1, 0.15) is 0 Å². The largest absolute Gasteiger partial charge is 0.454 e. The van der Waals surface area contributed by atoms with E-state index in [9.17, 15) is 0 Å². The molecule has 0 spiro atoms. The first-order valence-corrected chi connectivity index (χ1v) is 47.0. The highest BCUT2D eigenvalue weighted by Crippen LogP contribution is 2.47. The Labute approximate surface area is 765 Å². The molecule has 0 fully saturated rings. The zero-order valence-corrected chi connectivity index (χ0v) is 73.2. The summed E-state index contributed by atoms with van der Waals surface area (Å²) in [5, 5.41) is 22.4. The predicted molar refractivity (Wildman–Crippen MR) is 557 cm³/mol. The van der Waals surface area contributed by atoms with Crippen LogP contribution in [0.5, 0.6) is 0 Å². The Morgan fingerprint density at radius 1 is 0.136 bits per heavy atom. The van der Waals surface area contributed by atoms with Gasteiger partial charge in [0.2, 0.25) is 0 Å². The van der Waals surface area contributed by atoms with Gasteiger partial charge in [-0.15, -0.1) is 0 Å². The van der Waals surface area contributed by atoms with E-state index in [2.05, 4.69) is 446 Å². The molecule has 0 amide bonds. The summed E-state index contributed by atoms with van der Waals surface area (Å²) in [5.74, 6) is 0. The Kier molecular flexibility index (Phi) is 16.6. The second kappa shape index (κ2) is 29.4. The van der Waals surface area contributed by atoms with E-state index in [0.717, 1.165) is 37.4 Å². The molecule has 18 aromatic carbocycles. The average molecular weight is 1740 g/mol. The highest BCUT2D eigenvalue weighted by molar-refractivity contribution is 7.26. The molecule has 12 heterocycles. The van der Waals surface area contributed by atoms with E-state index in [1.54, 1.807) is 52.8 Å². The number of nitrogens with zero attached hydrogens (tertiary/aromatic N) is 6. The zero-order valence-electron chi connectivity index (χ0n) is 70.7. The first kappa shape index (κ1) is 74.4. The number of hydrogen-bond acceptors (Lipinski definition) is 6. The molecular weight excluding hydrogens is 1670 g/mol. The minimum Gasteiger partial charge on any atom is -0.454 e. The number of thiophene rings is 3. The summed E-state index contributed by atoms with van der Waals surface area (Å²) in [6, 6.07) is 152. The number of fused-ring (bicyclic) bond motifs is 27. The Hall–Kier alpha value is -16.7. The first-order chi connectivity index (χ1) is 65.4. The second-order valence-electron chi connectivity index (χ2n) is 34.2. The molecule has 30 aromatic rings. The van der Waals surface area contributed by atoms with Crippen molar-refractivity contribution in [1.29, 1.82) is 0 Å². The molecule has 0 unspecified atom stereocenters. The average Bonchev–Trinajstić information content (AvgIpc) is 1.57. The quantitative estimate of drug-likeness (QED) is 0.145. The Balaban J connectivity index is 0.0000001000. The molecule has 30 rings (SSSR count). The number of rotatable bonds is 9. The van der Waals surface area contributed by atoms with Crippen molar-refractivity contribution in [3.63, 3.8) is 0 Å². The van der Waals surface area contributed by atoms with Crippen LogP contribution >= 0.6 is 34.0 Å². The lowest BCUT2D eigenvalue weighted by Crippen LogP contribution is -1.96. The Morgan fingerprint density at radius 2 is 0.379 bits per heavy atom. The first-order valence-electron chi connectivity index (χ1n) is 44.5. The fourth-order valence-corrected chi connectivity index (χ4v) is 24.3. The summed E-state index contributed by atoms with van der Waals surface area (Å²) < 4.78 is 35.2. The van der Waals surface area contributed by atoms with Crippen molar-refractivity contribution in [2.24, 2.45) is 0 Å². The highest BCUT2D eigenvalue weighted by Gasteiger charge is 2.24. The molecule has 0 atom stereocenters. The minimum atomic E-state index is 0.982. The molecule has 12 heteroatoms. The maximum atomic E-state index is 5.69. The molecule has 0 aliphatic heterocycles. The molecular formula is C120H72N6O3S3. The molecule has 0 saturated carbocycles. The fourth-order valence-electron chi connectivity index (χ4n) is 21.3. The molecule has 0 N–H and O–H groups in total. The standard InChI is InChI=1S/C46H28N2OS.C40H24N2OS.C34H20N2OS/c1-4-16-41-35(13-1)36-14-2-5-17-42(36)48(41)34-20-21-44-39(28-34)37-15-3-6-18-43(37)47(44)33-12-8-11-31(26-33)29-9-7-10-30(25-29)32-19-22-45-40(27-32)38-23-24-49-46(38)50-45;1-4-13-35-29(10-1)30-11-2-5-14-36(30)42(35)28-17-19-38-34(24-28)31-12-3-6-15-37(31)41(38)27-9-7-8-25(22-27)26-16-18-32-33-20-21-43-40(33)44-39(32)23-26;1-4-10-29-23(7-1)24-8-2-5-11-30(24)35(29)21-13-15-32-27(19-21)25-9-3-6-12-31(25)36(32)22-14-16-33-28(20-22)26-17-18-37-34(26)38-33/h1-28H;1-24H;1-20H.